The number of hydrogen-bond acceptors (Lipinski definition) is 6. The molecule has 1 aliphatic rings. The van der Waals surface area contributed by atoms with Crippen molar-refractivity contribution in [2.24, 2.45) is 0 Å². The Balaban J connectivity index is 1.35. The molecular weight excluding hydrogens is 434 g/mol. The van der Waals surface area contributed by atoms with Gasteiger partial charge >= 0.3 is 0 Å². The van der Waals surface area contributed by atoms with Crippen LogP contribution in [-0.4, -0.2) is 63.4 Å². The minimum atomic E-state index is -3.71. The number of benzene rings is 2. The van der Waals surface area contributed by atoms with Crippen molar-refractivity contribution in [3.63, 3.8) is 0 Å². The van der Waals surface area contributed by atoms with E-state index in [1.807, 2.05) is 26.0 Å². The van der Waals surface area contributed by atoms with Crippen molar-refractivity contribution in [1.82, 2.24) is 22.9 Å². The van der Waals surface area contributed by atoms with Crippen LogP contribution in [0.25, 0.3) is 21.9 Å². The Morgan fingerprint density at radius 3 is 2.61 bits per heavy atom. The van der Waals surface area contributed by atoms with Crippen LogP contribution in [0, 0.1) is 13.8 Å². The van der Waals surface area contributed by atoms with E-state index in [0.29, 0.717) is 29.8 Å². The predicted molar refractivity (Wildman–Crippen MR) is 120 cm³/mol. The lowest BCUT2D eigenvalue weighted by Crippen LogP contribution is -2.50. The van der Waals surface area contributed by atoms with Gasteiger partial charge in [0, 0.05) is 37.1 Å². The third-order valence-electron chi connectivity index (χ3n) is 5.71. The number of carbonyl (C=O) groups is 1. The summed E-state index contributed by atoms with van der Waals surface area (Å²) in [6, 6.07) is 11.0. The number of H-pyrrole nitrogens is 1. The Hall–Kier alpha value is -2.82. The Morgan fingerprint density at radius 2 is 1.84 bits per heavy atom. The molecule has 2 aromatic carbocycles. The first kappa shape index (κ1) is 20.1. The normalized spacial score (nSPS) is 15.7. The lowest BCUT2D eigenvalue weighted by atomic mass is 10.1. The summed E-state index contributed by atoms with van der Waals surface area (Å²) in [6.07, 6.45) is 0. The molecule has 1 aliphatic heterocycles. The number of aromatic nitrogens is 3. The highest BCUT2D eigenvalue weighted by Gasteiger charge is 2.32. The van der Waals surface area contributed by atoms with Gasteiger partial charge in [-0.25, -0.2) is 8.42 Å². The first-order valence-corrected chi connectivity index (χ1v) is 12.1. The second-order valence-corrected chi connectivity index (χ2v) is 10.2. The Morgan fingerprint density at radius 1 is 1.06 bits per heavy atom. The summed E-state index contributed by atoms with van der Waals surface area (Å²) >= 11 is 0.996. The number of amides is 1. The maximum Gasteiger partial charge on any atom is 0.270 e. The van der Waals surface area contributed by atoms with Gasteiger partial charge in [-0.15, -0.1) is 0 Å². The second-order valence-electron chi connectivity index (χ2n) is 7.81. The van der Waals surface area contributed by atoms with E-state index in [1.54, 1.807) is 23.1 Å². The molecule has 3 heterocycles. The highest BCUT2D eigenvalue weighted by atomic mass is 32.2. The number of aromatic amines is 1. The summed E-state index contributed by atoms with van der Waals surface area (Å²) in [6.45, 7) is 5.18. The molecule has 0 atom stereocenters. The zero-order valence-electron chi connectivity index (χ0n) is 17.1. The van der Waals surface area contributed by atoms with Crippen LogP contribution in [0.2, 0.25) is 0 Å². The van der Waals surface area contributed by atoms with Crippen LogP contribution in [0.4, 0.5) is 0 Å². The molecular formula is C21H21N5O3S2. The van der Waals surface area contributed by atoms with Crippen molar-refractivity contribution in [2.45, 2.75) is 18.7 Å². The lowest BCUT2D eigenvalue weighted by molar-refractivity contribution is 0.0693. The average Bonchev–Trinajstić information content (AvgIpc) is 3.40. The number of hydrogen-bond donors (Lipinski definition) is 1. The highest BCUT2D eigenvalue weighted by molar-refractivity contribution is 7.89. The first-order valence-electron chi connectivity index (χ1n) is 9.95. The van der Waals surface area contributed by atoms with Crippen LogP contribution in [0.1, 0.15) is 21.6 Å². The van der Waals surface area contributed by atoms with E-state index < -0.39 is 10.0 Å². The molecule has 1 N–H and O–H groups in total. The molecule has 31 heavy (non-hydrogen) atoms. The maximum atomic E-state index is 13.2. The molecule has 0 unspecified atom stereocenters. The standard InChI is InChI=1S/C21H21N5O3S2/c1-13-10-14(2)15-12-18(22-17(15)11-13)21(27)25-6-8-26(9-7-25)31(28,29)19-5-3-4-16-20(19)24-30-23-16/h3-5,10-12,22H,6-9H2,1-2H3. The number of nitrogens with zero attached hydrogens (tertiary/aromatic N) is 4. The van der Waals surface area contributed by atoms with Crippen LogP contribution in [0.3, 0.4) is 0 Å². The monoisotopic (exact) mass is 455 g/mol. The summed E-state index contributed by atoms with van der Waals surface area (Å²) in [5.74, 6) is -0.115. The summed E-state index contributed by atoms with van der Waals surface area (Å²) < 4.78 is 36.1. The van der Waals surface area contributed by atoms with Gasteiger partial charge in [-0.1, -0.05) is 12.1 Å². The Bertz CT molecular complexity index is 1420. The number of fused-ring (bicyclic) bond motifs is 2. The lowest BCUT2D eigenvalue weighted by Gasteiger charge is -2.33. The number of carbonyl (C=O) groups excluding carboxylic acids is 1. The van der Waals surface area contributed by atoms with Gasteiger partial charge in [0.2, 0.25) is 10.0 Å². The van der Waals surface area contributed by atoms with E-state index in [4.69, 9.17) is 0 Å². The maximum absolute atomic E-state index is 13.2. The quantitative estimate of drug-likeness (QED) is 0.512. The van der Waals surface area contributed by atoms with Crippen LogP contribution in [0.15, 0.2) is 41.3 Å². The third kappa shape index (κ3) is 3.40. The minimum Gasteiger partial charge on any atom is -0.351 e. The summed E-state index contributed by atoms with van der Waals surface area (Å²) in [4.78, 5) is 18.1. The van der Waals surface area contributed by atoms with E-state index in [1.165, 1.54) is 4.31 Å². The fourth-order valence-corrected chi connectivity index (χ4v) is 6.32. The van der Waals surface area contributed by atoms with E-state index in [2.05, 4.69) is 19.8 Å². The zero-order chi connectivity index (χ0) is 21.8. The number of sulfonamides is 1. The van der Waals surface area contributed by atoms with Gasteiger partial charge in [0.25, 0.3) is 5.91 Å². The van der Waals surface area contributed by atoms with Gasteiger partial charge in [0.15, 0.2) is 0 Å². The molecule has 0 spiro atoms. The molecule has 1 amide bonds. The number of nitrogens with one attached hydrogen (secondary N) is 1. The molecule has 0 radical (unpaired) electrons. The van der Waals surface area contributed by atoms with E-state index in [-0.39, 0.29) is 23.9 Å². The fraction of sp³-hybridized carbons (Fsp3) is 0.286. The average molecular weight is 456 g/mol. The molecule has 1 fully saturated rings. The molecule has 1 saturated heterocycles. The van der Waals surface area contributed by atoms with Crippen LogP contribution >= 0.6 is 11.7 Å². The molecule has 5 rings (SSSR count). The van der Waals surface area contributed by atoms with Crippen molar-refractivity contribution in [1.29, 1.82) is 0 Å². The number of piperazine rings is 1. The van der Waals surface area contributed by atoms with Gasteiger partial charge in [-0.2, -0.15) is 13.1 Å². The van der Waals surface area contributed by atoms with Crippen LogP contribution in [-0.2, 0) is 10.0 Å². The molecule has 8 nitrogen and oxygen atoms in total. The number of aryl methyl sites for hydroxylation is 2. The summed E-state index contributed by atoms with van der Waals surface area (Å²) in [5, 5.41) is 1.03. The topological polar surface area (TPSA) is 99.3 Å². The van der Waals surface area contributed by atoms with Gasteiger partial charge in [-0.3, -0.25) is 4.79 Å². The summed E-state index contributed by atoms with van der Waals surface area (Å²) in [5.41, 5.74) is 4.69. The molecule has 4 aromatic rings. The minimum absolute atomic E-state index is 0.115. The van der Waals surface area contributed by atoms with Crippen molar-refractivity contribution in [3.05, 3.63) is 53.2 Å². The Labute approximate surface area is 183 Å². The van der Waals surface area contributed by atoms with Gasteiger partial charge < -0.3 is 9.88 Å². The Kier molecular flexibility index (Phi) is 4.80. The van der Waals surface area contributed by atoms with E-state index in [0.717, 1.165) is 33.8 Å². The largest absolute Gasteiger partial charge is 0.351 e. The van der Waals surface area contributed by atoms with Crippen LogP contribution in [0.5, 0.6) is 0 Å². The first-order chi connectivity index (χ1) is 14.8. The summed E-state index contributed by atoms with van der Waals surface area (Å²) in [7, 11) is -3.71. The fourth-order valence-electron chi connectivity index (χ4n) is 4.14. The predicted octanol–water partition coefficient (Wildman–Crippen LogP) is 2.94. The van der Waals surface area contributed by atoms with Crippen molar-refractivity contribution in [2.75, 3.05) is 26.2 Å². The van der Waals surface area contributed by atoms with Crippen molar-refractivity contribution >= 4 is 49.6 Å². The molecule has 160 valence electrons. The smallest absolute Gasteiger partial charge is 0.270 e. The highest BCUT2D eigenvalue weighted by Crippen LogP contribution is 2.26. The second kappa shape index (κ2) is 7.40. The van der Waals surface area contributed by atoms with Gasteiger partial charge in [0.1, 0.15) is 21.6 Å². The molecule has 0 saturated carbocycles. The van der Waals surface area contributed by atoms with E-state index >= 15 is 0 Å². The molecule has 10 heteroatoms. The zero-order valence-corrected chi connectivity index (χ0v) is 18.8. The van der Waals surface area contributed by atoms with Gasteiger partial charge in [0.05, 0.1) is 11.7 Å². The SMILES string of the molecule is Cc1cc(C)c2cc(C(=O)N3CCN(S(=O)(=O)c4cccc5nsnc45)CC3)[nH]c2c1. The van der Waals surface area contributed by atoms with Crippen molar-refractivity contribution in [3.8, 4) is 0 Å². The number of rotatable bonds is 3. The molecule has 0 bridgehead atoms. The third-order valence-corrected chi connectivity index (χ3v) is 8.19. The van der Waals surface area contributed by atoms with Crippen molar-refractivity contribution < 1.29 is 13.2 Å². The van der Waals surface area contributed by atoms with Gasteiger partial charge in [-0.05, 0) is 49.2 Å². The molecule has 2 aromatic heterocycles. The van der Waals surface area contributed by atoms with Crippen LogP contribution < -0.4 is 0 Å². The van der Waals surface area contributed by atoms with E-state index in [9.17, 15) is 13.2 Å². The molecule has 0 aliphatic carbocycles.